The number of nitrogens with one attached hydrogen (secondary N) is 3. The molecule has 0 radical (unpaired) electrons. The highest BCUT2D eigenvalue weighted by atomic mass is 16.5. The molecular weight excluding hydrogens is 434 g/mol. The molecule has 1 aromatic heterocycles. The van der Waals surface area contributed by atoms with Gasteiger partial charge in [-0.05, 0) is 38.3 Å². The van der Waals surface area contributed by atoms with Crippen molar-refractivity contribution in [3.63, 3.8) is 0 Å². The molecule has 1 aliphatic rings. The Morgan fingerprint density at radius 1 is 1.12 bits per heavy atom. The number of hydrogen-bond donors (Lipinski definition) is 3. The van der Waals surface area contributed by atoms with E-state index in [1.54, 1.807) is 14.2 Å². The van der Waals surface area contributed by atoms with Gasteiger partial charge in [0.15, 0.2) is 0 Å². The quantitative estimate of drug-likeness (QED) is 0.353. The molecule has 0 saturated heterocycles. The number of amides is 2. The maximum Gasteiger partial charge on any atom is 0.223 e. The van der Waals surface area contributed by atoms with Crippen LogP contribution in [0.5, 0.6) is 0 Å². The number of rotatable bonds is 14. The first-order valence-electron chi connectivity index (χ1n) is 12.5. The van der Waals surface area contributed by atoms with Crippen LogP contribution in [0.3, 0.4) is 0 Å². The number of ether oxygens (including phenoxy) is 2. The predicted molar refractivity (Wildman–Crippen MR) is 132 cm³/mol. The smallest absolute Gasteiger partial charge is 0.223 e. The van der Waals surface area contributed by atoms with Crippen LogP contribution in [-0.2, 0) is 25.6 Å². The maximum absolute atomic E-state index is 13.3. The zero-order valence-corrected chi connectivity index (χ0v) is 21.9. The average molecular weight is 480 g/mol. The third kappa shape index (κ3) is 7.52. The minimum atomic E-state index is -0.497. The highest BCUT2D eigenvalue weighted by molar-refractivity contribution is 5.84. The minimum absolute atomic E-state index is 0.0254. The monoisotopic (exact) mass is 479 g/mol. The molecule has 1 aromatic rings. The SMILES string of the molecule is CCCCN(C)Cc1cn[nH]c1C1CC(C(=O)NCCOC)C(C)(C)C(C(=O)NCCOC)C1. The van der Waals surface area contributed by atoms with Gasteiger partial charge < -0.3 is 25.0 Å². The van der Waals surface area contributed by atoms with E-state index in [9.17, 15) is 9.59 Å². The van der Waals surface area contributed by atoms with Crippen LogP contribution in [0.1, 0.15) is 63.6 Å². The van der Waals surface area contributed by atoms with E-state index in [4.69, 9.17) is 9.47 Å². The summed E-state index contributed by atoms with van der Waals surface area (Å²) in [5.74, 6) is -0.628. The van der Waals surface area contributed by atoms with Crippen molar-refractivity contribution >= 4 is 11.8 Å². The summed E-state index contributed by atoms with van der Waals surface area (Å²) < 4.78 is 10.2. The standard InChI is InChI=1S/C25H45N5O4/c1-7-8-11-30(4)17-19-16-28-29-22(19)18-14-20(23(31)26-9-12-33-5)25(2,3)21(15-18)24(32)27-10-13-34-6/h16,18,20-21H,7-15,17H2,1-6H3,(H,26,31)(H,27,32)(H,28,29). The second kappa shape index (κ2) is 13.8. The van der Waals surface area contributed by atoms with Crippen LogP contribution < -0.4 is 10.6 Å². The molecule has 2 atom stereocenters. The van der Waals surface area contributed by atoms with Gasteiger partial charge in [0, 0.05) is 62.9 Å². The van der Waals surface area contributed by atoms with Gasteiger partial charge >= 0.3 is 0 Å². The summed E-state index contributed by atoms with van der Waals surface area (Å²) in [6.07, 6.45) is 5.52. The Morgan fingerprint density at radius 3 is 2.18 bits per heavy atom. The van der Waals surface area contributed by atoms with Gasteiger partial charge in [0.25, 0.3) is 0 Å². The summed E-state index contributed by atoms with van der Waals surface area (Å²) in [4.78, 5) is 28.8. The Balaban J connectivity index is 2.28. The average Bonchev–Trinajstić information content (AvgIpc) is 3.25. The third-order valence-corrected chi connectivity index (χ3v) is 7.17. The molecule has 194 valence electrons. The van der Waals surface area contributed by atoms with Gasteiger partial charge in [0.05, 0.1) is 19.4 Å². The summed E-state index contributed by atoms with van der Waals surface area (Å²) in [7, 11) is 5.35. The molecule has 2 unspecified atom stereocenters. The molecular formula is C25H45N5O4. The number of methoxy groups -OCH3 is 2. The number of H-pyrrole nitrogens is 1. The third-order valence-electron chi connectivity index (χ3n) is 7.17. The van der Waals surface area contributed by atoms with Crippen LogP contribution in [0.4, 0.5) is 0 Å². The van der Waals surface area contributed by atoms with Gasteiger partial charge in [-0.3, -0.25) is 14.7 Å². The number of hydrogen-bond acceptors (Lipinski definition) is 6. The molecule has 9 nitrogen and oxygen atoms in total. The van der Waals surface area contributed by atoms with Gasteiger partial charge in [-0.25, -0.2) is 0 Å². The summed E-state index contributed by atoms with van der Waals surface area (Å²) in [5.41, 5.74) is 1.69. The van der Waals surface area contributed by atoms with Crippen LogP contribution in [-0.4, -0.2) is 81.0 Å². The summed E-state index contributed by atoms with van der Waals surface area (Å²) in [6, 6.07) is 0. The normalized spacial score (nSPS) is 22.0. The number of nitrogens with zero attached hydrogens (tertiary/aromatic N) is 2. The van der Waals surface area contributed by atoms with Crippen LogP contribution in [0.2, 0.25) is 0 Å². The van der Waals surface area contributed by atoms with Crippen molar-refractivity contribution in [2.24, 2.45) is 17.3 Å². The van der Waals surface area contributed by atoms with E-state index in [1.807, 2.05) is 20.0 Å². The van der Waals surface area contributed by atoms with E-state index >= 15 is 0 Å². The highest BCUT2D eigenvalue weighted by Crippen LogP contribution is 2.50. The number of aromatic nitrogens is 2. The molecule has 1 aliphatic carbocycles. The summed E-state index contributed by atoms with van der Waals surface area (Å²) >= 11 is 0. The van der Waals surface area contributed by atoms with Crippen molar-refractivity contribution in [2.75, 3.05) is 54.1 Å². The molecule has 34 heavy (non-hydrogen) atoms. The van der Waals surface area contributed by atoms with Crippen LogP contribution in [0.25, 0.3) is 0 Å². The van der Waals surface area contributed by atoms with E-state index in [1.165, 1.54) is 0 Å². The van der Waals surface area contributed by atoms with Gasteiger partial charge in [0.2, 0.25) is 11.8 Å². The molecule has 0 bridgehead atoms. The summed E-state index contributed by atoms with van der Waals surface area (Å²) in [6.45, 7) is 9.90. The van der Waals surface area contributed by atoms with Gasteiger partial charge in [0.1, 0.15) is 0 Å². The van der Waals surface area contributed by atoms with E-state index in [-0.39, 0.29) is 29.6 Å². The molecule has 1 saturated carbocycles. The van der Waals surface area contributed by atoms with Crippen LogP contribution >= 0.6 is 0 Å². The Hall–Kier alpha value is -1.97. The van der Waals surface area contributed by atoms with E-state index < -0.39 is 5.41 Å². The van der Waals surface area contributed by atoms with Gasteiger partial charge in [-0.2, -0.15) is 5.10 Å². The molecule has 0 aliphatic heterocycles. The number of aromatic amines is 1. The fourth-order valence-corrected chi connectivity index (χ4v) is 5.04. The van der Waals surface area contributed by atoms with E-state index in [0.717, 1.165) is 37.2 Å². The Kier molecular flexibility index (Phi) is 11.5. The molecule has 1 heterocycles. The molecule has 1 fully saturated rings. The van der Waals surface area contributed by atoms with E-state index in [0.29, 0.717) is 39.1 Å². The van der Waals surface area contributed by atoms with Crippen molar-refractivity contribution < 1.29 is 19.1 Å². The molecule has 2 rings (SSSR count). The molecule has 0 aromatic carbocycles. The molecule has 0 spiro atoms. The van der Waals surface area contributed by atoms with Crippen LogP contribution in [0.15, 0.2) is 6.20 Å². The topological polar surface area (TPSA) is 109 Å². The zero-order chi connectivity index (χ0) is 25.1. The second-order valence-electron chi connectivity index (χ2n) is 10.1. The number of carbonyl (C=O) groups is 2. The maximum atomic E-state index is 13.3. The van der Waals surface area contributed by atoms with Crippen molar-refractivity contribution in [3.8, 4) is 0 Å². The first-order chi connectivity index (χ1) is 16.3. The van der Waals surface area contributed by atoms with Crippen molar-refractivity contribution in [1.82, 2.24) is 25.7 Å². The Bertz CT molecular complexity index is 732. The van der Waals surface area contributed by atoms with Gasteiger partial charge in [-0.15, -0.1) is 0 Å². The molecule has 2 amide bonds. The van der Waals surface area contributed by atoms with E-state index in [2.05, 4.69) is 39.7 Å². The van der Waals surface area contributed by atoms with Crippen molar-refractivity contribution in [3.05, 3.63) is 17.5 Å². The second-order valence-corrected chi connectivity index (χ2v) is 10.1. The van der Waals surface area contributed by atoms with Crippen molar-refractivity contribution in [2.45, 2.75) is 58.9 Å². The largest absolute Gasteiger partial charge is 0.383 e. The first kappa shape index (κ1) is 28.3. The lowest BCUT2D eigenvalue weighted by Gasteiger charge is -2.46. The lowest BCUT2D eigenvalue weighted by Crippen LogP contribution is -2.52. The fourth-order valence-electron chi connectivity index (χ4n) is 5.04. The van der Waals surface area contributed by atoms with Crippen LogP contribution in [0, 0.1) is 17.3 Å². The van der Waals surface area contributed by atoms with Crippen molar-refractivity contribution in [1.29, 1.82) is 0 Å². The lowest BCUT2D eigenvalue weighted by atomic mass is 9.58. The molecule has 3 N–H and O–H groups in total. The molecule has 9 heteroatoms. The highest BCUT2D eigenvalue weighted by Gasteiger charge is 2.50. The Labute approximate surface area is 204 Å². The first-order valence-corrected chi connectivity index (χ1v) is 12.5. The minimum Gasteiger partial charge on any atom is -0.383 e. The number of carbonyl (C=O) groups excluding carboxylic acids is 2. The Morgan fingerprint density at radius 2 is 1.68 bits per heavy atom. The zero-order valence-electron chi connectivity index (χ0n) is 21.9. The fraction of sp³-hybridized carbons (Fsp3) is 0.800. The van der Waals surface area contributed by atoms with Gasteiger partial charge in [-0.1, -0.05) is 27.2 Å². The summed E-state index contributed by atoms with van der Waals surface area (Å²) in [5, 5.41) is 13.6. The number of unbranched alkanes of at least 4 members (excludes halogenated alkanes) is 1. The predicted octanol–water partition coefficient (Wildman–Crippen LogP) is 2.30. The lowest BCUT2D eigenvalue weighted by molar-refractivity contribution is -0.140.